The van der Waals surface area contributed by atoms with E-state index in [1.165, 1.54) is 18.2 Å². The van der Waals surface area contributed by atoms with Gasteiger partial charge in [0, 0.05) is 0 Å². The number of carbonyl (C=O) groups is 4. The van der Waals surface area contributed by atoms with E-state index >= 15 is 0 Å². The van der Waals surface area contributed by atoms with Gasteiger partial charge in [0.1, 0.15) is 18.2 Å². The lowest BCUT2D eigenvalue weighted by atomic mass is 10.1. The van der Waals surface area contributed by atoms with Gasteiger partial charge in [0.15, 0.2) is 11.5 Å². The Morgan fingerprint density at radius 2 is 1.45 bits per heavy atom. The highest BCUT2D eigenvalue weighted by atomic mass is 16.7. The van der Waals surface area contributed by atoms with Gasteiger partial charge in [-0.05, 0) is 44.4 Å². The molecule has 1 rings (SSSR count). The molecule has 0 fully saturated rings. The Morgan fingerprint density at radius 3 is 2.03 bits per heavy atom. The first-order valence-electron chi connectivity index (χ1n) is 10.0. The molecule has 1 aromatic carbocycles. The standard InChI is InChI=1S/C21H29NO11/c1-6-9-29-21(26)31-13(3)12(2)30-18(23)15(22)10-14-7-8-16(32-19(24)27-4)17(11-14)33-20(25)28-5/h7-8,11-13,15H,6,9-10,22H2,1-5H3/t12-,13-,15-/m0/s1. The third kappa shape index (κ3) is 9.64. The molecule has 0 aliphatic heterocycles. The number of hydrogen-bond donors (Lipinski definition) is 1. The zero-order valence-electron chi connectivity index (χ0n) is 19.2. The van der Waals surface area contributed by atoms with Crippen LogP contribution in [0.5, 0.6) is 11.5 Å². The summed E-state index contributed by atoms with van der Waals surface area (Å²) in [6.07, 6.45) is -3.84. The van der Waals surface area contributed by atoms with Crippen molar-refractivity contribution in [3.8, 4) is 11.5 Å². The molecule has 0 saturated heterocycles. The normalized spacial score (nSPS) is 13.0. The smallest absolute Gasteiger partial charge is 0.458 e. The molecular formula is C21H29NO11. The molecule has 0 saturated carbocycles. The largest absolute Gasteiger partial charge is 0.513 e. The zero-order chi connectivity index (χ0) is 25.0. The fourth-order valence-electron chi connectivity index (χ4n) is 2.28. The molecule has 33 heavy (non-hydrogen) atoms. The first-order chi connectivity index (χ1) is 15.6. The minimum Gasteiger partial charge on any atom is -0.458 e. The van der Waals surface area contributed by atoms with E-state index in [9.17, 15) is 19.2 Å². The van der Waals surface area contributed by atoms with Crippen LogP contribution in [0.25, 0.3) is 0 Å². The topological polar surface area (TPSA) is 159 Å². The molecule has 0 aliphatic rings. The van der Waals surface area contributed by atoms with Crippen LogP contribution in [-0.4, -0.2) is 63.5 Å². The van der Waals surface area contributed by atoms with Gasteiger partial charge in [-0.3, -0.25) is 4.79 Å². The van der Waals surface area contributed by atoms with E-state index in [-0.39, 0.29) is 24.5 Å². The number of hydrogen-bond acceptors (Lipinski definition) is 12. The predicted octanol–water partition coefficient (Wildman–Crippen LogP) is 2.73. The Balaban J connectivity index is 2.79. The van der Waals surface area contributed by atoms with Crippen molar-refractivity contribution >= 4 is 24.4 Å². The van der Waals surface area contributed by atoms with Crippen molar-refractivity contribution in [1.82, 2.24) is 0 Å². The summed E-state index contributed by atoms with van der Waals surface area (Å²) in [5.41, 5.74) is 6.41. The molecule has 12 heteroatoms. The van der Waals surface area contributed by atoms with Crippen LogP contribution in [0.1, 0.15) is 32.8 Å². The summed E-state index contributed by atoms with van der Waals surface area (Å²) in [6.45, 7) is 5.15. The monoisotopic (exact) mass is 471 g/mol. The number of rotatable bonds is 10. The highest BCUT2D eigenvalue weighted by molar-refractivity contribution is 5.76. The van der Waals surface area contributed by atoms with E-state index in [2.05, 4.69) is 9.47 Å². The minimum atomic E-state index is -1.09. The molecule has 3 atom stereocenters. The molecule has 0 unspecified atom stereocenters. The van der Waals surface area contributed by atoms with Crippen molar-refractivity contribution in [2.75, 3.05) is 20.8 Å². The van der Waals surface area contributed by atoms with Crippen LogP contribution in [0.2, 0.25) is 0 Å². The van der Waals surface area contributed by atoms with Gasteiger partial charge in [-0.25, -0.2) is 14.4 Å². The van der Waals surface area contributed by atoms with E-state index in [1.54, 1.807) is 13.8 Å². The van der Waals surface area contributed by atoms with Gasteiger partial charge < -0.3 is 38.9 Å². The highest BCUT2D eigenvalue weighted by Crippen LogP contribution is 2.30. The van der Waals surface area contributed by atoms with Gasteiger partial charge in [-0.1, -0.05) is 13.0 Å². The molecule has 0 bridgehead atoms. The van der Waals surface area contributed by atoms with Gasteiger partial charge in [0.2, 0.25) is 0 Å². The van der Waals surface area contributed by atoms with Gasteiger partial charge in [-0.15, -0.1) is 0 Å². The van der Waals surface area contributed by atoms with Gasteiger partial charge >= 0.3 is 24.4 Å². The predicted molar refractivity (Wildman–Crippen MR) is 112 cm³/mol. The Bertz CT molecular complexity index is 826. The number of benzene rings is 1. The quantitative estimate of drug-likeness (QED) is 0.302. The maximum absolute atomic E-state index is 12.4. The molecule has 0 amide bonds. The lowest BCUT2D eigenvalue weighted by molar-refractivity contribution is -0.155. The highest BCUT2D eigenvalue weighted by Gasteiger charge is 2.25. The zero-order valence-corrected chi connectivity index (χ0v) is 19.2. The summed E-state index contributed by atoms with van der Waals surface area (Å²) in [5, 5.41) is 0. The Morgan fingerprint density at radius 1 is 0.879 bits per heavy atom. The molecule has 0 aliphatic carbocycles. The van der Waals surface area contributed by atoms with E-state index < -0.39 is 42.7 Å². The molecule has 0 radical (unpaired) electrons. The lowest BCUT2D eigenvalue weighted by Gasteiger charge is -2.22. The summed E-state index contributed by atoms with van der Waals surface area (Å²) in [6, 6.07) is 3.10. The number of ether oxygens (including phenoxy) is 7. The van der Waals surface area contributed by atoms with Crippen molar-refractivity contribution in [3.63, 3.8) is 0 Å². The minimum absolute atomic E-state index is 0.00459. The lowest BCUT2D eigenvalue weighted by Crippen LogP contribution is -2.39. The van der Waals surface area contributed by atoms with Crippen molar-refractivity contribution in [3.05, 3.63) is 23.8 Å². The van der Waals surface area contributed by atoms with E-state index in [0.717, 1.165) is 14.2 Å². The molecule has 1 aromatic rings. The average Bonchev–Trinajstić information content (AvgIpc) is 2.78. The molecule has 12 nitrogen and oxygen atoms in total. The number of methoxy groups -OCH3 is 2. The van der Waals surface area contributed by atoms with Gasteiger partial charge in [-0.2, -0.15) is 0 Å². The van der Waals surface area contributed by atoms with Gasteiger partial charge in [0.25, 0.3) is 0 Å². The number of esters is 1. The van der Waals surface area contributed by atoms with Gasteiger partial charge in [0.05, 0.1) is 20.8 Å². The second-order valence-electron chi connectivity index (χ2n) is 6.77. The second kappa shape index (κ2) is 13.8. The maximum Gasteiger partial charge on any atom is 0.513 e. The van der Waals surface area contributed by atoms with E-state index in [0.29, 0.717) is 12.0 Å². The van der Waals surface area contributed by atoms with Crippen LogP contribution in [0.4, 0.5) is 14.4 Å². The fourth-order valence-corrected chi connectivity index (χ4v) is 2.28. The van der Waals surface area contributed by atoms with Crippen molar-refractivity contribution in [1.29, 1.82) is 0 Å². The van der Waals surface area contributed by atoms with Crippen LogP contribution in [0.15, 0.2) is 18.2 Å². The van der Waals surface area contributed by atoms with Crippen LogP contribution in [0, 0.1) is 0 Å². The molecule has 184 valence electrons. The summed E-state index contributed by atoms with van der Waals surface area (Å²) in [7, 11) is 2.22. The second-order valence-corrected chi connectivity index (χ2v) is 6.77. The number of carbonyl (C=O) groups excluding carboxylic acids is 4. The molecule has 2 N–H and O–H groups in total. The molecule has 0 heterocycles. The Labute approximate surface area is 191 Å². The first-order valence-corrected chi connectivity index (χ1v) is 10.0. The molecule has 0 spiro atoms. The average molecular weight is 471 g/mol. The summed E-state index contributed by atoms with van der Waals surface area (Å²) in [4.78, 5) is 46.8. The number of nitrogens with two attached hydrogens (primary N) is 1. The van der Waals surface area contributed by atoms with E-state index in [1.807, 2.05) is 6.92 Å². The summed E-state index contributed by atoms with van der Waals surface area (Å²) < 4.78 is 33.9. The van der Waals surface area contributed by atoms with Crippen LogP contribution in [0.3, 0.4) is 0 Å². The third-order valence-corrected chi connectivity index (χ3v) is 4.16. The Hall–Kier alpha value is -3.54. The fraction of sp³-hybridized carbons (Fsp3) is 0.524. The molecular weight excluding hydrogens is 442 g/mol. The molecule has 0 aromatic heterocycles. The van der Waals surface area contributed by atoms with Crippen molar-refractivity contribution in [2.24, 2.45) is 5.73 Å². The van der Waals surface area contributed by atoms with E-state index in [4.69, 9.17) is 29.4 Å². The summed E-state index contributed by atoms with van der Waals surface area (Å²) >= 11 is 0. The third-order valence-electron chi connectivity index (χ3n) is 4.16. The van der Waals surface area contributed by atoms with Crippen molar-refractivity contribution < 1.29 is 52.3 Å². The van der Waals surface area contributed by atoms with Crippen LogP contribution >= 0.6 is 0 Å². The van der Waals surface area contributed by atoms with Crippen molar-refractivity contribution in [2.45, 2.75) is 51.9 Å². The SMILES string of the molecule is CCCOC(=O)O[C@@H](C)[C@H](C)OC(=O)[C@@H](N)Cc1ccc(OC(=O)OC)c(OC(=O)OC)c1. The maximum atomic E-state index is 12.4. The van der Waals surface area contributed by atoms with Crippen LogP contribution < -0.4 is 15.2 Å². The Kier molecular flexibility index (Phi) is 11.5. The first kappa shape index (κ1) is 27.5. The summed E-state index contributed by atoms with van der Waals surface area (Å²) in [5.74, 6) is -1.00. The van der Waals surface area contributed by atoms with Crippen LogP contribution in [-0.2, 0) is 34.9 Å².